The van der Waals surface area contributed by atoms with E-state index in [9.17, 15) is 0 Å². The van der Waals surface area contributed by atoms with Crippen molar-refractivity contribution in [3.63, 3.8) is 0 Å². The predicted octanol–water partition coefficient (Wildman–Crippen LogP) is 5.01. The number of imidazole rings is 1. The van der Waals surface area contributed by atoms with Gasteiger partial charge < -0.3 is 19.9 Å². The number of aromatic nitrogens is 2. The van der Waals surface area contributed by atoms with Crippen molar-refractivity contribution in [1.82, 2.24) is 20.2 Å². The molecule has 0 saturated heterocycles. The molecular formula is C25H34IN5O. The Labute approximate surface area is 208 Å². The van der Waals surface area contributed by atoms with Gasteiger partial charge in [-0.05, 0) is 41.7 Å². The summed E-state index contributed by atoms with van der Waals surface area (Å²) >= 11 is 0. The highest BCUT2D eigenvalue weighted by atomic mass is 127. The average Bonchev–Trinajstić information content (AvgIpc) is 3.28. The smallest absolute Gasteiger partial charge is 0.191 e. The maximum Gasteiger partial charge on any atom is 0.191 e. The van der Waals surface area contributed by atoms with Crippen LogP contribution in [0.3, 0.4) is 0 Å². The number of nitrogens with one attached hydrogen (secondary N) is 2. The van der Waals surface area contributed by atoms with Crippen molar-refractivity contribution in [1.29, 1.82) is 0 Å². The molecule has 172 valence electrons. The van der Waals surface area contributed by atoms with Crippen LogP contribution >= 0.6 is 24.0 Å². The van der Waals surface area contributed by atoms with Gasteiger partial charge in [-0.1, -0.05) is 50.2 Å². The molecule has 1 unspecified atom stereocenters. The van der Waals surface area contributed by atoms with E-state index in [4.69, 9.17) is 4.74 Å². The van der Waals surface area contributed by atoms with Gasteiger partial charge in [0.25, 0.3) is 0 Å². The average molecular weight is 547 g/mol. The molecule has 0 saturated carbocycles. The van der Waals surface area contributed by atoms with Crippen LogP contribution < -0.4 is 15.4 Å². The zero-order chi connectivity index (χ0) is 22.1. The van der Waals surface area contributed by atoms with Crippen molar-refractivity contribution in [3.05, 3.63) is 83.9 Å². The molecule has 1 atom stereocenters. The van der Waals surface area contributed by atoms with Gasteiger partial charge in [-0.3, -0.25) is 4.99 Å². The fourth-order valence-electron chi connectivity index (χ4n) is 3.21. The molecule has 3 rings (SSSR count). The third kappa shape index (κ3) is 8.18. The first kappa shape index (κ1) is 25.7. The molecule has 1 heterocycles. The molecule has 0 aliphatic heterocycles. The van der Waals surface area contributed by atoms with Crippen LogP contribution in [0, 0.1) is 5.92 Å². The van der Waals surface area contributed by atoms with Crippen molar-refractivity contribution in [2.45, 2.75) is 39.9 Å². The fourth-order valence-corrected chi connectivity index (χ4v) is 3.21. The summed E-state index contributed by atoms with van der Waals surface area (Å²) in [6.45, 7) is 8.67. The maximum atomic E-state index is 5.77. The minimum absolute atomic E-state index is 0. The van der Waals surface area contributed by atoms with Crippen LogP contribution in [0.15, 0.2) is 72.2 Å². The topological polar surface area (TPSA) is 63.5 Å². The molecule has 0 aliphatic carbocycles. The van der Waals surface area contributed by atoms with E-state index >= 15 is 0 Å². The first-order valence-corrected chi connectivity index (χ1v) is 10.8. The molecule has 1 aromatic heterocycles. The van der Waals surface area contributed by atoms with E-state index in [1.54, 1.807) is 13.2 Å². The van der Waals surface area contributed by atoms with E-state index in [0.717, 1.165) is 24.9 Å². The number of aliphatic imine (C=N–C) groups is 1. The van der Waals surface area contributed by atoms with Gasteiger partial charge in [0.05, 0.1) is 19.0 Å². The second-order valence-electron chi connectivity index (χ2n) is 8.12. The number of nitrogens with zero attached hydrogens (tertiary/aromatic N) is 3. The van der Waals surface area contributed by atoms with E-state index in [-0.39, 0.29) is 30.0 Å². The van der Waals surface area contributed by atoms with Crippen LogP contribution in [0.1, 0.15) is 43.5 Å². The Balaban J connectivity index is 0.00000363. The summed E-state index contributed by atoms with van der Waals surface area (Å²) in [5, 5.41) is 6.87. The first-order valence-electron chi connectivity index (χ1n) is 10.8. The quantitative estimate of drug-likeness (QED) is 0.225. The highest BCUT2D eigenvalue weighted by molar-refractivity contribution is 14.0. The molecule has 0 bridgehead atoms. The zero-order valence-corrected chi connectivity index (χ0v) is 21.6. The molecule has 2 aromatic carbocycles. The van der Waals surface area contributed by atoms with Crippen LogP contribution in [0.2, 0.25) is 0 Å². The van der Waals surface area contributed by atoms with Gasteiger partial charge in [0, 0.05) is 32.5 Å². The molecule has 32 heavy (non-hydrogen) atoms. The lowest BCUT2D eigenvalue weighted by atomic mass is 10.1. The Kier molecular flexibility index (Phi) is 10.5. The molecule has 2 N–H and O–H groups in total. The van der Waals surface area contributed by atoms with E-state index in [0.29, 0.717) is 12.5 Å². The normalized spacial score (nSPS) is 12.2. The van der Waals surface area contributed by atoms with Gasteiger partial charge in [-0.25, -0.2) is 4.98 Å². The summed E-state index contributed by atoms with van der Waals surface area (Å²) in [5.41, 5.74) is 3.63. The van der Waals surface area contributed by atoms with Crippen molar-refractivity contribution in [2.75, 3.05) is 13.7 Å². The predicted molar refractivity (Wildman–Crippen MR) is 142 cm³/mol. The minimum Gasteiger partial charge on any atom is -0.493 e. The van der Waals surface area contributed by atoms with Crippen LogP contribution in [0.4, 0.5) is 0 Å². The number of hydrogen-bond donors (Lipinski definition) is 2. The third-order valence-corrected chi connectivity index (χ3v) is 4.92. The molecular weight excluding hydrogens is 513 g/mol. The Morgan fingerprint density at radius 3 is 2.50 bits per heavy atom. The standard InChI is InChI=1S/C25H33N5O.HI/c1-19(2)17-31-24-10-8-23(9-11-24)20(3)29-25(26-4)28-15-21-6-5-7-22(14-21)16-30-13-12-27-18-30;/h5-14,18-20H,15-17H2,1-4H3,(H2,26,28,29);1H. The van der Waals surface area contributed by atoms with Crippen molar-refractivity contribution in [3.8, 4) is 5.75 Å². The van der Waals surface area contributed by atoms with Crippen LogP contribution in [-0.4, -0.2) is 29.2 Å². The number of guanidine groups is 1. The first-order chi connectivity index (χ1) is 15.0. The summed E-state index contributed by atoms with van der Waals surface area (Å²) in [5.74, 6) is 2.19. The van der Waals surface area contributed by atoms with Crippen LogP contribution in [-0.2, 0) is 13.1 Å². The van der Waals surface area contributed by atoms with E-state index in [1.807, 2.05) is 24.7 Å². The number of hydrogen-bond acceptors (Lipinski definition) is 3. The van der Waals surface area contributed by atoms with Crippen molar-refractivity contribution < 1.29 is 4.74 Å². The Morgan fingerprint density at radius 1 is 1.09 bits per heavy atom. The molecule has 0 aliphatic rings. The lowest BCUT2D eigenvalue weighted by Crippen LogP contribution is -2.38. The highest BCUT2D eigenvalue weighted by Crippen LogP contribution is 2.18. The molecule has 0 fully saturated rings. The van der Waals surface area contributed by atoms with Gasteiger partial charge in [-0.15, -0.1) is 24.0 Å². The summed E-state index contributed by atoms with van der Waals surface area (Å²) in [6, 6.07) is 16.9. The summed E-state index contributed by atoms with van der Waals surface area (Å²) in [7, 11) is 1.79. The third-order valence-electron chi connectivity index (χ3n) is 4.92. The largest absolute Gasteiger partial charge is 0.493 e. The van der Waals surface area contributed by atoms with Gasteiger partial charge >= 0.3 is 0 Å². The summed E-state index contributed by atoms with van der Waals surface area (Å²) in [6.07, 6.45) is 5.61. The van der Waals surface area contributed by atoms with Crippen LogP contribution in [0.25, 0.3) is 0 Å². The van der Waals surface area contributed by atoms with Crippen molar-refractivity contribution >= 4 is 29.9 Å². The molecule has 7 heteroatoms. The minimum atomic E-state index is 0. The van der Waals surface area contributed by atoms with Gasteiger partial charge in [0.2, 0.25) is 0 Å². The number of ether oxygens (including phenoxy) is 1. The SMILES string of the molecule is CN=C(NCc1cccc(Cn2ccnc2)c1)NC(C)c1ccc(OCC(C)C)cc1.I. The van der Waals surface area contributed by atoms with Gasteiger partial charge in [0.1, 0.15) is 5.75 Å². The monoisotopic (exact) mass is 547 g/mol. The second-order valence-corrected chi connectivity index (χ2v) is 8.12. The molecule has 0 radical (unpaired) electrons. The number of benzene rings is 2. The van der Waals surface area contributed by atoms with Crippen LogP contribution in [0.5, 0.6) is 5.75 Å². The van der Waals surface area contributed by atoms with Gasteiger partial charge in [0.15, 0.2) is 5.96 Å². The zero-order valence-electron chi connectivity index (χ0n) is 19.3. The number of halogens is 1. The molecule has 3 aromatic rings. The molecule has 0 spiro atoms. The lowest BCUT2D eigenvalue weighted by molar-refractivity contribution is 0.271. The Bertz CT molecular complexity index is 955. The van der Waals surface area contributed by atoms with Crippen molar-refractivity contribution in [2.24, 2.45) is 10.9 Å². The Hall–Kier alpha value is -2.55. The van der Waals surface area contributed by atoms with E-state index < -0.39 is 0 Å². The van der Waals surface area contributed by atoms with E-state index in [2.05, 4.69) is 82.3 Å². The van der Waals surface area contributed by atoms with Gasteiger partial charge in [-0.2, -0.15) is 0 Å². The highest BCUT2D eigenvalue weighted by Gasteiger charge is 2.09. The summed E-state index contributed by atoms with van der Waals surface area (Å²) in [4.78, 5) is 8.48. The maximum absolute atomic E-state index is 5.77. The molecule has 6 nitrogen and oxygen atoms in total. The molecule has 0 amide bonds. The number of rotatable bonds is 9. The van der Waals surface area contributed by atoms with E-state index in [1.165, 1.54) is 16.7 Å². The summed E-state index contributed by atoms with van der Waals surface area (Å²) < 4.78 is 7.84. The fraction of sp³-hybridized carbons (Fsp3) is 0.360. The second kappa shape index (κ2) is 13.1. The Morgan fingerprint density at radius 2 is 1.84 bits per heavy atom. The lowest BCUT2D eigenvalue weighted by Gasteiger charge is -2.19.